The minimum Gasteiger partial charge on any atom is -0.378 e. The first-order valence-electron chi connectivity index (χ1n) is 8.33. The Bertz CT molecular complexity index is 691. The quantitative estimate of drug-likeness (QED) is 0.925. The molecule has 0 spiro atoms. The molecule has 2 aromatic rings. The van der Waals surface area contributed by atoms with E-state index in [2.05, 4.69) is 16.5 Å². The van der Waals surface area contributed by atoms with Crippen LogP contribution in [0.4, 0.5) is 0 Å². The summed E-state index contributed by atoms with van der Waals surface area (Å²) in [4.78, 5) is 18.7. The summed E-state index contributed by atoms with van der Waals surface area (Å²) in [5.41, 5.74) is 0.577. The molecule has 1 aliphatic heterocycles. The van der Waals surface area contributed by atoms with E-state index >= 15 is 0 Å². The highest BCUT2D eigenvalue weighted by Gasteiger charge is 2.29. The molecule has 5 nitrogen and oxygen atoms in total. The highest BCUT2D eigenvalue weighted by molar-refractivity contribution is 6.30. The number of imidazole rings is 1. The molecule has 1 amide bonds. The standard InChI is InChI=1S/C18H22ClN3O2/c1-2-21-12-9-20-17(21)14-7-10-22(11-8-14)18(24)16(23)13-3-5-15(19)6-4-13/h3-6,9,12,14,16,23H,2,7-8,10-11H2,1H3/t16-/m0/s1. The predicted octanol–water partition coefficient (Wildman–Crippen LogP) is 3.00. The fraction of sp³-hybridized carbons (Fsp3) is 0.444. The zero-order valence-electron chi connectivity index (χ0n) is 13.7. The molecule has 3 rings (SSSR count). The van der Waals surface area contributed by atoms with Crippen LogP contribution in [0, 0.1) is 0 Å². The molecule has 2 heterocycles. The monoisotopic (exact) mass is 347 g/mol. The number of amides is 1. The minimum atomic E-state index is -1.13. The molecule has 0 radical (unpaired) electrons. The van der Waals surface area contributed by atoms with Crippen molar-refractivity contribution >= 4 is 17.5 Å². The van der Waals surface area contributed by atoms with E-state index in [4.69, 9.17) is 11.6 Å². The van der Waals surface area contributed by atoms with Gasteiger partial charge in [0.05, 0.1) is 0 Å². The number of carbonyl (C=O) groups is 1. The molecule has 6 heteroatoms. The lowest BCUT2D eigenvalue weighted by atomic mass is 9.95. The molecule has 0 saturated carbocycles. The van der Waals surface area contributed by atoms with E-state index in [0.29, 0.717) is 29.6 Å². The van der Waals surface area contributed by atoms with Crippen LogP contribution in [0.5, 0.6) is 0 Å². The van der Waals surface area contributed by atoms with Gasteiger partial charge in [0.25, 0.3) is 5.91 Å². The van der Waals surface area contributed by atoms with Crippen molar-refractivity contribution < 1.29 is 9.90 Å². The van der Waals surface area contributed by atoms with Gasteiger partial charge in [-0.3, -0.25) is 4.79 Å². The second-order valence-corrected chi connectivity index (χ2v) is 6.56. The number of hydrogen-bond acceptors (Lipinski definition) is 3. The SMILES string of the molecule is CCn1ccnc1C1CCN(C(=O)[C@@H](O)c2ccc(Cl)cc2)CC1. The summed E-state index contributed by atoms with van der Waals surface area (Å²) in [6, 6.07) is 6.75. The smallest absolute Gasteiger partial charge is 0.256 e. The van der Waals surface area contributed by atoms with Crippen LogP contribution in [0.3, 0.4) is 0 Å². The number of hydrogen-bond donors (Lipinski definition) is 1. The Balaban J connectivity index is 1.61. The largest absolute Gasteiger partial charge is 0.378 e. The summed E-state index contributed by atoms with van der Waals surface area (Å²) >= 11 is 5.85. The number of carbonyl (C=O) groups excluding carboxylic acids is 1. The number of aryl methyl sites for hydroxylation is 1. The molecule has 1 saturated heterocycles. The summed E-state index contributed by atoms with van der Waals surface area (Å²) < 4.78 is 2.16. The number of nitrogens with zero attached hydrogens (tertiary/aromatic N) is 3. The second kappa shape index (κ2) is 7.36. The third-order valence-electron chi connectivity index (χ3n) is 4.68. The molecular weight excluding hydrogens is 326 g/mol. The van der Waals surface area contributed by atoms with E-state index in [1.54, 1.807) is 29.2 Å². The summed E-state index contributed by atoms with van der Waals surface area (Å²) in [6.07, 6.45) is 4.45. The van der Waals surface area contributed by atoms with Gasteiger partial charge in [0.2, 0.25) is 0 Å². The highest BCUT2D eigenvalue weighted by atomic mass is 35.5. The van der Waals surface area contributed by atoms with Crippen LogP contribution in [-0.4, -0.2) is 38.6 Å². The highest BCUT2D eigenvalue weighted by Crippen LogP contribution is 2.28. The van der Waals surface area contributed by atoms with Crippen molar-refractivity contribution in [2.24, 2.45) is 0 Å². The van der Waals surface area contributed by atoms with Crippen LogP contribution in [0.25, 0.3) is 0 Å². The lowest BCUT2D eigenvalue weighted by molar-refractivity contribution is -0.141. The van der Waals surface area contributed by atoms with Crippen LogP contribution in [-0.2, 0) is 11.3 Å². The molecule has 24 heavy (non-hydrogen) atoms. The molecule has 1 atom stereocenters. The molecule has 1 N–H and O–H groups in total. The molecule has 0 aliphatic carbocycles. The zero-order chi connectivity index (χ0) is 17.1. The molecule has 1 aromatic carbocycles. The number of aliphatic hydroxyl groups excluding tert-OH is 1. The Labute approximate surface area is 146 Å². The summed E-state index contributed by atoms with van der Waals surface area (Å²) in [5, 5.41) is 10.9. The van der Waals surface area contributed by atoms with E-state index in [-0.39, 0.29) is 5.91 Å². The Hall–Kier alpha value is -1.85. The van der Waals surface area contributed by atoms with Crippen LogP contribution >= 0.6 is 11.6 Å². The number of aliphatic hydroxyl groups is 1. The maximum absolute atomic E-state index is 12.5. The molecule has 1 aromatic heterocycles. The van der Waals surface area contributed by atoms with Crippen molar-refractivity contribution in [2.75, 3.05) is 13.1 Å². The maximum atomic E-state index is 12.5. The third-order valence-corrected chi connectivity index (χ3v) is 4.93. The molecule has 1 fully saturated rings. The number of likely N-dealkylation sites (tertiary alicyclic amines) is 1. The van der Waals surface area contributed by atoms with Gasteiger partial charge in [-0.25, -0.2) is 4.98 Å². The van der Waals surface area contributed by atoms with Crippen LogP contribution < -0.4 is 0 Å². The number of halogens is 1. The lowest BCUT2D eigenvalue weighted by Crippen LogP contribution is -2.41. The van der Waals surface area contributed by atoms with Crippen molar-refractivity contribution in [3.8, 4) is 0 Å². The number of benzene rings is 1. The van der Waals surface area contributed by atoms with E-state index < -0.39 is 6.10 Å². The molecular formula is C18H22ClN3O2. The molecule has 128 valence electrons. The molecule has 0 unspecified atom stereocenters. The van der Waals surface area contributed by atoms with Gasteiger partial charge in [-0.2, -0.15) is 0 Å². The predicted molar refractivity (Wildman–Crippen MR) is 92.9 cm³/mol. The van der Waals surface area contributed by atoms with Crippen molar-refractivity contribution in [3.63, 3.8) is 0 Å². The van der Waals surface area contributed by atoms with Crippen LogP contribution in [0.15, 0.2) is 36.7 Å². The van der Waals surface area contributed by atoms with Crippen LogP contribution in [0.1, 0.15) is 43.2 Å². The lowest BCUT2D eigenvalue weighted by Gasteiger charge is -2.33. The van der Waals surface area contributed by atoms with E-state index in [0.717, 1.165) is 25.2 Å². The molecule has 1 aliphatic rings. The van der Waals surface area contributed by atoms with Gasteiger partial charge < -0.3 is 14.6 Å². The average molecular weight is 348 g/mol. The van der Waals surface area contributed by atoms with Crippen molar-refractivity contribution in [1.82, 2.24) is 14.5 Å². The summed E-state index contributed by atoms with van der Waals surface area (Å²) in [5.74, 6) is 1.23. The number of piperidine rings is 1. The third kappa shape index (κ3) is 3.47. The Morgan fingerprint density at radius 2 is 2.00 bits per heavy atom. The van der Waals surface area contributed by atoms with Crippen LogP contribution in [0.2, 0.25) is 5.02 Å². The van der Waals surface area contributed by atoms with E-state index in [9.17, 15) is 9.90 Å². The van der Waals surface area contributed by atoms with Gasteiger partial charge in [-0.05, 0) is 37.5 Å². The van der Waals surface area contributed by atoms with E-state index in [1.807, 2.05) is 12.4 Å². The summed E-state index contributed by atoms with van der Waals surface area (Å²) in [7, 11) is 0. The van der Waals surface area contributed by atoms with Gasteiger partial charge in [-0.15, -0.1) is 0 Å². The topological polar surface area (TPSA) is 58.4 Å². The number of rotatable bonds is 4. The van der Waals surface area contributed by atoms with Gasteiger partial charge >= 0.3 is 0 Å². The van der Waals surface area contributed by atoms with Crippen molar-refractivity contribution in [3.05, 3.63) is 53.1 Å². The maximum Gasteiger partial charge on any atom is 0.256 e. The normalized spacial score (nSPS) is 17.0. The van der Waals surface area contributed by atoms with Gasteiger partial charge in [0, 0.05) is 43.0 Å². The average Bonchev–Trinajstić information content (AvgIpc) is 3.10. The Morgan fingerprint density at radius 1 is 1.33 bits per heavy atom. The molecule has 0 bridgehead atoms. The fourth-order valence-corrected chi connectivity index (χ4v) is 3.39. The first-order chi connectivity index (χ1) is 11.6. The van der Waals surface area contributed by atoms with E-state index in [1.165, 1.54) is 0 Å². The Morgan fingerprint density at radius 3 is 2.62 bits per heavy atom. The van der Waals surface area contributed by atoms with Gasteiger partial charge in [0.1, 0.15) is 5.82 Å². The zero-order valence-corrected chi connectivity index (χ0v) is 14.5. The first kappa shape index (κ1) is 17.0. The minimum absolute atomic E-state index is 0.241. The summed E-state index contributed by atoms with van der Waals surface area (Å²) in [6.45, 7) is 4.30. The van der Waals surface area contributed by atoms with Gasteiger partial charge in [0.15, 0.2) is 6.10 Å². The van der Waals surface area contributed by atoms with Gasteiger partial charge in [-0.1, -0.05) is 23.7 Å². The Kier molecular flexibility index (Phi) is 5.21. The second-order valence-electron chi connectivity index (χ2n) is 6.13. The number of aromatic nitrogens is 2. The van der Waals surface area contributed by atoms with Crippen molar-refractivity contribution in [1.29, 1.82) is 0 Å². The first-order valence-corrected chi connectivity index (χ1v) is 8.71. The van der Waals surface area contributed by atoms with Crippen molar-refractivity contribution in [2.45, 2.75) is 38.3 Å². The fourth-order valence-electron chi connectivity index (χ4n) is 3.27.